The van der Waals surface area contributed by atoms with E-state index in [-0.39, 0.29) is 29.3 Å². The number of anilines is 1. The normalized spacial score (nSPS) is 17.7. The highest BCUT2D eigenvalue weighted by molar-refractivity contribution is 5.89. The molecule has 1 unspecified atom stereocenters. The molecule has 1 aliphatic heterocycles. The van der Waals surface area contributed by atoms with E-state index in [4.69, 9.17) is 0 Å². The van der Waals surface area contributed by atoms with Gasteiger partial charge in [0.1, 0.15) is 12.5 Å². The number of aromatic amines is 1. The molecule has 0 amide bonds. The van der Waals surface area contributed by atoms with Gasteiger partial charge in [0.25, 0.3) is 0 Å². The van der Waals surface area contributed by atoms with Gasteiger partial charge in [0.2, 0.25) is 0 Å². The van der Waals surface area contributed by atoms with Crippen LogP contribution in [0.25, 0.3) is 16.5 Å². The number of nitrogens with one attached hydrogen (secondary N) is 2. The number of H-pyrrole nitrogens is 1. The molecule has 0 bridgehead atoms. The highest BCUT2D eigenvalue weighted by Crippen LogP contribution is 2.36. The molecule has 3 heterocycles. The van der Waals surface area contributed by atoms with E-state index in [1.54, 1.807) is 30.7 Å². The van der Waals surface area contributed by atoms with Gasteiger partial charge < -0.3 is 5.32 Å². The minimum absolute atomic E-state index is 0.0972. The minimum atomic E-state index is -4.57. The number of fused-ring (bicyclic) bond motifs is 2. The molecule has 1 aliphatic rings. The monoisotopic (exact) mass is 491 g/mol. The Balaban J connectivity index is 1.74. The number of hydrogen-bond donors (Lipinski definition) is 2. The van der Waals surface area contributed by atoms with Crippen LogP contribution >= 0.6 is 0 Å². The van der Waals surface area contributed by atoms with E-state index in [1.165, 1.54) is 18.2 Å². The Hall–Kier alpha value is -3.43. The molecule has 10 heteroatoms. The number of allylic oxidation sites excluding steroid dienone is 6. The van der Waals surface area contributed by atoms with Crippen LogP contribution in [0.1, 0.15) is 50.5 Å². The predicted molar refractivity (Wildman–Crippen MR) is 126 cm³/mol. The standard InChI is InChI=1S/C25H26F5N5/c1-3-6-16(25(28,29)30)11-18(15(4-2)14-26)22-13-23-21(7-5-10-35(23)34-22)31-24-19-12-17(27)8-9-20(19)32-33-24/h4,6,8-9,11-13,21H,3,5,7,10,14H2,1-2H3,(H2,31,32,33)/b15-4-,16-6-,18-11+. The van der Waals surface area contributed by atoms with Crippen molar-refractivity contribution in [3.63, 3.8) is 0 Å². The zero-order valence-corrected chi connectivity index (χ0v) is 19.4. The first-order valence-corrected chi connectivity index (χ1v) is 11.4. The fourth-order valence-electron chi connectivity index (χ4n) is 4.29. The Kier molecular flexibility index (Phi) is 7.09. The molecule has 4 rings (SSSR count). The number of aromatic nitrogens is 4. The number of hydrogen-bond acceptors (Lipinski definition) is 3. The van der Waals surface area contributed by atoms with Crippen molar-refractivity contribution in [3.05, 3.63) is 70.8 Å². The number of alkyl halides is 4. The van der Waals surface area contributed by atoms with Crippen LogP contribution in [0.5, 0.6) is 0 Å². The van der Waals surface area contributed by atoms with E-state index in [0.29, 0.717) is 23.3 Å². The lowest BCUT2D eigenvalue weighted by Gasteiger charge is -2.24. The summed E-state index contributed by atoms with van der Waals surface area (Å²) in [5.41, 5.74) is 1.07. The largest absolute Gasteiger partial charge is 0.416 e. The minimum Gasteiger partial charge on any atom is -0.360 e. The maximum absolute atomic E-state index is 13.8. The molecule has 0 saturated carbocycles. The molecule has 0 aliphatic carbocycles. The molecule has 2 N–H and O–H groups in total. The fourth-order valence-corrected chi connectivity index (χ4v) is 4.29. The summed E-state index contributed by atoms with van der Waals surface area (Å²) in [5.74, 6) is 0.0815. The molecule has 0 spiro atoms. The SMILES string of the molecule is C\C=C(CF)/C(=C\C(=C\CC)C(F)(F)F)c1cc2n(n1)CCCC2Nc1n[nH]c2ccc(F)cc12. The summed E-state index contributed by atoms with van der Waals surface area (Å²) in [6, 6.07) is 5.75. The molecule has 1 aromatic carbocycles. The highest BCUT2D eigenvalue weighted by atomic mass is 19.4. The summed E-state index contributed by atoms with van der Waals surface area (Å²) in [7, 11) is 0. The van der Waals surface area contributed by atoms with Crippen molar-refractivity contribution in [1.29, 1.82) is 0 Å². The second-order valence-corrected chi connectivity index (χ2v) is 8.35. The first-order chi connectivity index (χ1) is 16.7. The lowest BCUT2D eigenvalue weighted by atomic mass is 9.98. The molecular weight excluding hydrogens is 465 g/mol. The molecule has 3 aromatic rings. The Labute approximate surface area is 199 Å². The summed E-state index contributed by atoms with van der Waals surface area (Å²) in [5, 5.41) is 15.6. The Morgan fingerprint density at radius 1 is 1.29 bits per heavy atom. The Bertz CT molecular complexity index is 1300. The maximum Gasteiger partial charge on any atom is 0.416 e. The van der Waals surface area contributed by atoms with E-state index in [1.807, 2.05) is 0 Å². The van der Waals surface area contributed by atoms with Crippen molar-refractivity contribution >= 4 is 22.3 Å². The smallest absolute Gasteiger partial charge is 0.360 e. The highest BCUT2D eigenvalue weighted by Gasteiger charge is 2.33. The summed E-state index contributed by atoms with van der Waals surface area (Å²) >= 11 is 0. The van der Waals surface area contributed by atoms with Gasteiger partial charge in [-0.2, -0.15) is 23.4 Å². The average Bonchev–Trinajstić information content (AvgIpc) is 3.42. The lowest BCUT2D eigenvalue weighted by Crippen LogP contribution is -2.22. The molecule has 186 valence electrons. The van der Waals surface area contributed by atoms with Gasteiger partial charge in [-0.1, -0.05) is 19.1 Å². The van der Waals surface area contributed by atoms with Crippen molar-refractivity contribution in [2.45, 2.75) is 51.9 Å². The van der Waals surface area contributed by atoms with Crippen LogP contribution in [-0.2, 0) is 6.54 Å². The molecule has 2 aromatic heterocycles. The lowest BCUT2D eigenvalue weighted by molar-refractivity contribution is -0.0883. The van der Waals surface area contributed by atoms with Crippen molar-refractivity contribution in [2.75, 3.05) is 12.0 Å². The van der Waals surface area contributed by atoms with Crippen molar-refractivity contribution in [2.24, 2.45) is 0 Å². The van der Waals surface area contributed by atoms with Crippen LogP contribution in [0.15, 0.2) is 53.6 Å². The third-order valence-electron chi connectivity index (χ3n) is 6.03. The maximum atomic E-state index is 13.8. The van der Waals surface area contributed by atoms with Crippen molar-refractivity contribution in [1.82, 2.24) is 20.0 Å². The van der Waals surface area contributed by atoms with Gasteiger partial charge >= 0.3 is 6.18 Å². The molecule has 0 fully saturated rings. The van der Waals surface area contributed by atoms with E-state index in [2.05, 4.69) is 20.6 Å². The molecule has 0 saturated heterocycles. The van der Waals surface area contributed by atoms with E-state index in [9.17, 15) is 22.0 Å². The first kappa shape index (κ1) is 24.7. The van der Waals surface area contributed by atoms with Crippen LogP contribution in [0.3, 0.4) is 0 Å². The van der Waals surface area contributed by atoms with Crippen molar-refractivity contribution < 1.29 is 22.0 Å². The van der Waals surface area contributed by atoms with Gasteiger partial charge in [-0.3, -0.25) is 9.78 Å². The van der Waals surface area contributed by atoms with E-state index >= 15 is 0 Å². The van der Waals surface area contributed by atoms with Gasteiger partial charge in [0, 0.05) is 17.5 Å². The van der Waals surface area contributed by atoms with Crippen LogP contribution in [0.2, 0.25) is 0 Å². The molecule has 5 nitrogen and oxygen atoms in total. The third-order valence-corrected chi connectivity index (χ3v) is 6.03. The fraction of sp³-hybridized carbons (Fsp3) is 0.360. The van der Waals surface area contributed by atoms with Crippen LogP contribution in [0, 0.1) is 5.82 Å². The van der Waals surface area contributed by atoms with Gasteiger partial charge in [0.15, 0.2) is 5.82 Å². The Morgan fingerprint density at radius 2 is 2.09 bits per heavy atom. The topological polar surface area (TPSA) is 58.5 Å². The van der Waals surface area contributed by atoms with Crippen LogP contribution in [-0.4, -0.2) is 32.8 Å². The van der Waals surface area contributed by atoms with Gasteiger partial charge in [0.05, 0.1) is 28.5 Å². The van der Waals surface area contributed by atoms with E-state index < -0.39 is 24.2 Å². The van der Waals surface area contributed by atoms with Gasteiger partial charge in [-0.25, -0.2) is 8.78 Å². The number of rotatable bonds is 7. The quantitative estimate of drug-likeness (QED) is 0.275. The van der Waals surface area contributed by atoms with Crippen molar-refractivity contribution in [3.8, 4) is 0 Å². The molecule has 35 heavy (non-hydrogen) atoms. The predicted octanol–water partition coefficient (Wildman–Crippen LogP) is 7.04. The molecule has 0 radical (unpaired) electrons. The number of nitrogens with zero attached hydrogens (tertiary/aromatic N) is 3. The summed E-state index contributed by atoms with van der Waals surface area (Å²) in [6.07, 6.45) is 0.609. The second kappa shape index (κ2) is 10.1. The van der Waals surface area contributed by atoms with Crippen LogP contribution < -0.4 is 5.32 Å². The third kappa shape index (κ3) is 5.16. The Morgan fingerprint density at radius 3 is 2.77 bits per heavy atom. The van der Waals surface area contributed by atoms with Gasteiger partial charge in [-0.05, 0) is 62.1 Å². The number of benzene rings is 1. The van der Waals surface area contributed by atoms with Gasteiger partial charge in [-0.15, -0.1) is 0 Å². The van der Waals surface area contributed by atoms with Crippen LogP contribution in [0.4, 0.5) is 27.8 Å². The number of aryl methyl sites for hydroxylation is 1. The summed E-state index contributed by atoms with van der Waals surface area (Å²) in [4.78, 5) is 0. The zero-order valence-electron chi connectivity index (χ0n) is 19.4. The zero-order chi connectivity index (χ0) is 25.2. The second-order valence-electron chi connectivity index (χ2n) is 8.35. The summed E-state index contributed by atoms with van der Waals surface area (Å²) < 4.78 is 70.2. The number of halogens is 5. The summed E-state index contributed by atoms with van der Waals surface area (Å²) in [6.45, 7) is 2.85. The first-order valence-electron chi connectivity index (χ1n) is 11.4. The average molecular weight is 492 g/mol. The molecular formula is C25H26F5N5. The molecule has 1 atom stereocenters. The van der Waals surface area contributed by atoms with E-state index in [0.717, 1.165) is 30.7 Å².